The molecule has 5 heteroatoms. The predicted molar refractivity (Wildman–Crippen MR) is 110 cm³/mol. The second kappa shape index (κ2) is 7.95. The Kier molecular flexibility index (Phi) is 5.21. The van der Waals surface area contributed by atoms with Crippen LogP contribution in [0.4, 0.5) is 0 Å². The molecule has 2 aromatic carbocycles. The van der Waals surface area contributed by atoms with Gasteiger partial charge in [0, 0.05) is 17.7 Å². The van der Waals surface area contributed by atoms with Crippen LogP contribution in [0.5, 0.6) is 11.5 Å². The van der Waals surface area contributed by atoms with E-state index >= 15 is 0 Å². The van der Waals surface area contributed by atoms with E-state index in [9.17, 15) is 9.90 Å². The van der Waals surface area contributed by atoms with Crippen LogP contribution in [-0.2, 0) is 11.4 Å². The normalized spacial score (nSPS) is 17.6. The molecule has 2 unspecified atom stereocenters. The van der Waals surface area contributed by atoms with Crippen molar-refractivity contribution < 1.29 is 19.4 Å². The molecule has 1 fully saturated rings. The summed E-state index contributed by atoms with van der Waals surface area (Å²) >= 11 is 0. The Morgan fingerprint density at radius 2 is 2.00 bits per heavy atom. The van der Waals surface area contributed by atoms with E-state index in [0.717, 1.165) is 28.0 Å². The molecule has 148 valence electrons. The number of hydrogen-bond donors (Lipinski definition) is 1. The number of hydrogen-bond acceptors (Lipinski definition) is 4. The molecule has 4 rings (SSSR count). The van der Waals surface area contributed by atoms with E-state index in [-0.39, 0.29) is 11.8 Å². The summed E-state index contributed by atoms with van der Waals surface area (Å²) in [7, 11) is 1.61. The molecule has 0 bridgehead atoms. The van der Waals surface area contributed by atoms with Crippen molar-refractivity contribution in [1.82, 2.24) is 4.98 Å². The van der Waals surface area contributed by atoms with Gasteiger partial charge in [-0.15, -0.1) is 0 Å². The van der Waals surface area contributed by atoms with Crippen LogP contribution in [0, 0.1) is 12.8 Å². The van der Waals surface area contributed by atoms with Gasteiger partial charge in [-0.25, -0.2) is 0 Å². The van der Waals surface area contributed by atoms with Crippen molar-refractivity contribution in [3.63, 3.8) is 0 Å². The fourth-order valence-corrected chi connectivity index (χ4v) is 3.64. The average molecular weight is 389 g/mol. The van der Waals surface area contributed by atoms with Crippen molar-refractivity contribution in [2.75, 3.05) is 7.11 Å². The zero-order valence-electron chi connectivity index (χ0n) is 16.5. The lowest BCUT2D eigenvalue weighted by Gasteiger charge is -2.12. The average Bonchev–Trinajstić information content (AvgIpc) is 3.53. The number of carboxylic acid groups (broad SMARTS) is 1. The van der Waals surface area contributed by atoms with Crippen LogP contribution >= 0.6 is 0 Å². The van der Waals surface area contributed by atoms with Crippen molar-refractivity contribution >= 4 is 5.97 Å². The molecule has 3 aromatic rings. The third-order valence-corrected chi connectivity index (χ3v) is 5.27. The molecule has 1 heterocycles. The first-order valence-electron chi connectivity index (χ1n) is 9.59. The largest absolute Gasteiger partial charge is 0.496 e. The molecule has 1 N–H and O–H groups in total. The number of aliphatic carboxylic acids is 1. The summed E-state index contributed by atoms with van der Waals surface area (Å²) in [6.45, 7) is 2.53. The summed E-state index contributed by atoms with van der Waals surface area (Å²) in [5, 5.41) is 9.27. The quantitative estimate of drug-likeness (QED) is 0.627. The fourth-order valence-electron chi connectivity index (χ4n) is 3.64. The molecular formula is C24H23NO4. The minimum absolute atomic E-state index is 0.00360. The van der Waals surface area contributed by atoms with Gasteiger partial charge in [0.25, 0.3) is 0 Å². The molecule has 0 amide bonds. The SMILES string of the molecule is COc1ccc(-c2cncc(OCc3cccc(C)c3)c2)cc1C1CC1C(=O)O. The summed E-state index contributed by atoms with van der Waals surface area (Å²) in [5.74, 6) is 0.326. The minimum Gasteiger partial charge on any atom is -0.496 e. The Hall–Kier alpha value is -3.34. The zero-order valence-corrected chi connectivity index (χ0v) is 16.5. The highest BCUT2D eigenvalue weighted by atomic mass is 16.5. The van der Waals surface area contributed by atoms with Crippen molar-refractivity contribution in [3.05, 3.63) is 77.6 Å². The summed E-state index contributed by atoms with van der Waals surface area (Å²) < 4.78 is 11.4. The third kappa shape index (κ3) is 4.24. The molecule has 0 saturated heterocycles. The van der Waals surface area contributed by atoms with Gasteiger partial charge in [-0.1, -0.05) is 35.9 Å². The molecule has 1 saturated carbocycles. The van der Waals surface area contributed by atoms with E-state index in [4.69, 9.17) is 9.47 Å². The number of nitrogens with zero attached hydrogens (tertiary/aromatic N) is 1. The van der Waals surface area contributed by atoms with E-state index < -0.39 is 5.97 Å². The molecule has 1 aliphatic rings. The number of methoxy groups -OCH3 is 1. The van der Waals surface area contributed by atoms with Crippen LogP contribution in [0.25, 0.3) is 11.1 Å². The van der Waals surface area contributed by atoms with Crippen LogP contribution in [0.2, 0.25) is 0 Å². The lowest BCUT2D eigenvalue weighted by atomic mass is 10.0. The van der Waals surface area contributed by atoms with Gasteiger partial charge in [-0.05, 0) is 48.2 Å². The van der Waals surface area contributed by atoms with Gasteiger partial charge in [-0.2, -0.15) is 0 Å². The molecule has 1 aliphatic carbocycles. The van der Waals surface area contributed by atoms with Crippen molar-refractivity contribution in [1.29, 1.82) is 0 Å². The van der Waals surface area contributed by atoms with Crippen LogP contribution in [-0.4, -0.2) is 23.2 Å². The van der Waals surface area contributed by atoms with Crippen molar-refractivity contribution in [2.24, 2.45) is 5.92 Å². The van der Waals surface area contributed by atoms with Gasteiger partial charge >= 0.3 is 5.97 Å². The Balaban J connectivity index is 1.55. The van der Waals surface area contributed by atoms with E-state index in [1.165, 1.54) is 5.56 Å². The van der Waals surface area contributed by atoms with Crippen molar-refractivity contribution in [2.45, 2.75) is 25.9 Å². The number of pyridine rings is 1. The highest BCUT2D eigenvalue weighted by molar-refractivity contribution is 5.76. The topological polar surface area (TPSA) is 68.7 Å². The number of aromatic nitrogens is 1. The second-order valence-electron chi connectivity index (χ2n) is 7.43. The Labute approximate surface area is 169 Å². The number of carbonyl (C=O) groups is 1. The molecule has 1 aromatic heterocycles. The van der Waals surface area contributed by atoms with Gasteiger partial charge in [-0.3, -0.25) is 9.78 Å². The van der Waals surface area contributed by atoms with Crippen LogP contribution in [0.15, 0.2) is 60.9 Å². The first kappa shape index (κ1) is 19.0. The summed E-state index contributed by atoms with van der Waals surface area (Å²) in [5.41, 5.74) is 5.12. The highest BCUT2D eigenvalue weighted by Crippen LogP contribution is 2.51. The monoisotopic (exact) mass is 389 g/mol. The van der Waals surface area contributed by atoms with E-state index in [0.29, 0.717) is 18.8 Å². The number of rotatable bonds is 7. The van der Waals surface area contributed by atoms with Gasteiger partial charge in [0.1, 0.15) is 18.1 Å². The van der Waals surface area contributed by atoms with Crippen LogP contribution in [0.1, 0.15) is 29.0 Å². The summed E-state index contributed by atoms with van der Waals surface area (Å²) in [6, 6.07) is 16.0. The van der Waals surface area contributed by atoms with Gasteiger partial charge in [0.2, 0.25) is 0 Å². The zero-order chi connectivity index (χ0) is 20.4. The second-order valence-corrected chi connectivity index (χ2v) is 7.43. The molecule has 0 radical (unpaired) electrons. The van der Waals surface area contributed by atoms with E-state index in [1.807, 2.05) is 36.4 Å². The molecule has 2 atom stereocenters. The summed E-state index contributed by atoms with van der Waals surface area (Å²) in [6.07, 6.45) is 4.13. The van der Waals surface area contributed by atoms with E-state index in [1.54, 1.807) is 19.5 Å². The standard InChI is InChI=1S/C24H23NO4/c1-15-4-3-5-16(8-15)14-29-19-9-18(12-25-13-19)17-6-7-23(28-2)21(10-17)20-11-22(20)24(26)27/h3-10,12-13,20,22H,11,14H2,1-2H3,(H,26,27). The number of ether oxygens (including phenoxy) is 2. The van der Waals surface area contributed by atoms with Crippen molar-refractivity contribution in [3.8, 4) is 22.6 Å². The minimum atomic E-state index is -0.754. The lowest BCUT2D eigenvalue weighted by molar-refractivity contribution is -0.138. The molecule has 5 nitrogen and oxygen atoms in total. The summed E-state index contributed by atoms with van der Waals surface area (Å²) in [4.78, 5) is 15.6. The molecule has 0 aliphatic heterocycles. The van der Waals surface area contributed by atoms with Crippen LogP contribution < -0.4 is 9.47 Å². The van der Waals surface area contributed by atoms with Gasteiger partial charge < -0.3 is 14.6 Å². The maximum atomic E-state index is 11.3. The Bertz CT molecular complexity index is 1050. The molecular weight excluding hydrogens is 366 g/mol. The maximum absolute atomic E-state index is 11.3. The first-order valence-corrected chi connectivity index (χ1v) is 9.59. The highest BCUT2D eigenvalue weighted by Gasteiger charge is 2.45. The molecule has 29 heavy (non-hydrogen) atoms. The number of aryl methyl sites for hydroxylation is 1. The smallest absolute Gasteiger partial charge is 0.307 e. The van der Waals surface area contributed by atoms with Gasteiger partial charge in [0.05, 0.1) is 19.2 Å². The molecule has 0 spiro atoms. The third-order valence-electron chi connectivity index (χ3n) is 5.27. The number of carboxylic acids is 1. The van der Waals surface area contributed by atoms with Gasteiger partial charge in [0.15, 0.2) is 0 Å². The van der Waals surface area contributed by atoms with E-state index in [2.05, 4.69) is 24.0 Å². The first-order chi connectivity index (χ1) is 14.0. The van der Waals surface area contributed by atoms with Crippen LogP contribution in [0.3, 0.4) is 0 Å². The number of benzene rings is 2. The fraction of sp³-hybridized carbons (Fsp3) is 0.250. The Morgan fingerprint density at radius 1 is 1.14 bits per heavy atom. The maximum Gasteiger partial charge on any atom is 0.307 e. The Morgan fingerprint density at radius 3 is 2.72 bits per heavy atom. The predicted octanol–water partition coefficient (Wildman–Crippen LogP) is 4.83. The lowest BCUT2D eigenvalue weighted by Crippen LogP contribution is -2.00.